The average Bonchev–Trinajstić information content (AvgIpc) is 2.63. The topological polar surface area (TPSA) is 79.8 Å². The molecule has 0 bridgehead atoms. The number of hydrazone groups is 1. The lowest BCUT2D eigenvalue weighted by Crippen LogP contribution is -2.22. The van der Waals surface area contributed by atoms with Crippen molar-refractivity contribution in [3.63, 3.8) is 0 Å². The molecule has 2 aromatic carbocycles. The van der Waals surface area contributed by atoms with E-state index in [1.54, 1.807) is 38.3 Å². The molecular formula is C20H22ClN3O3. The number of rotatable bonds is 7. The lowest BCUT2D eigenvalue weighted by Gasteiger charge is -2.07. The van der Waals surface area contributed by atoms with Crippen molar-refractivity contribution in [1.82, 2.24) is 5.43 Å². The van der Waals surface area contributed by atoms with E-state index in [4.69, 9.17) is 16.3 Å². The Kier molecular flexibility index (Phi) is 7.37. The van der Waals surface area contributed by atoms with Crippen molar-refractivity contribution in [1.29, 1.82) is 0 Å². The molecule has 0 radical (unpaired) electrons. The van der Waals surface area contributed by atoms with Gasteiger partial charge >= 0.3 is 0 Å². The number of nitrogens with zero attached hydrogens (tertiary/aromatic N) is 1. The van der Waals surface area contributed by atoms with Crippen LogP contribution in [0.1, 0.15) is 24.5 Å². The van der Waals surface area contributed by atoms with E-state index in [2.05, 4.69) is 15.8 Å². The second-order valence-electron chi connectivity index (χ2n) is 6.10. The Morgan fingerprint density at radius 1 is 1.11 bits per heavy atom. The molecule has 2 N–H and O–H groups in total. The quantitative estimate of drug-likeness (QED) is 0.561. The highest BCUT2D eigenvalue weighted by Gasteiger charge is 2.07. The first-order valence-corrected chi connectivity index (χ1v) is 8.76. The van der Waals surface area contributed by atoms with Crippen LogP contribution in [-0.4, -0.2) is 24.6 Å². The highest BCUT2D eigenvalue weighted by atomic mass is 35.5. The van der Waals surface area contributed by atoms with Crippen molar-refractivity contribution in [3.8, 4) is 5.75 Å². The summed E-state index contributed by atoms with van der Waals surface area (Å²) in [5.41, 5.74) is 5.35. The maximum atomic E-state index is 12.1. The number of halogens is 1. The number of nitrogens with one attached hydrogen (secondary N) is 2. The molecule has 0 aromatic heterocycles. The Morgan fingerprint density at radius 2 is 1.81 bits per heavy atom. The van der Waals surface area contributed by atoms with Gasteiger partial charge in [-0.3, -0.25) is 9.59 Å². The molecule has 2 rings (SSSR count). The van der Waals surface area contributed by atoms with Gasteiger partial charge < -0.3 is 10.1 Å². The van der Waals surface area contributed by atoms with Crippen molar-refractivity contribution >= 4 is 34.8 Å². The normalized spacial score (nSPS) is 11.0. The number of amides is 2. The van der Waals surface area contributed by atoms with Crippen molar-refractivity contribution in [2.75, 3.05) is 12.4 Å². The summed E-state index contributed by atoms with van der Waals surface area (Å²) in [5.74, 6) is 0.236. The monoisotopic (exact) mass is 387 g/mol. The minimum atomic E-state index is -0.259. The van der Waals surface area contributed by atoms with Gasteiger partial charge in [0.2, 0.25) is 11.8 Å². The zero-order valence-electron chi connectivity index (χ0n) is 15.5. The lowest BCUT2D eigenvalue weighted by atomic mass is 10.1. The zero-order valence-corrected chi connectivity index (χ0v) is 16.3. The van der Waals surface area contributed by atoms with E-state index >= 15 is 0 Å². The Labute approximate surface area is 163 Å². The van der Waals surface area contributed by atoms with Crippen LogP contribution in [0.15, 0.2) is 47.6 Å². The van der Waals surface area contributed by atoms with Crippen LogP contribution in [0.25, 0.3) is 0 Å². The van der Waals surface area contributed by atoms with Crippen molar-refractivity contribution in [2.24, 2.45) is 5.10 Å². The molecule has 6 nitrogen and oxygen atoms in total. The number of ether oxygens (including phenoxy) is 1. The first-order valence-electron chi connectivity index (χ1n) is 8.38. The third kappa shape index (κ3) is 6.75. The van der Waals surface area contributed by atoms with E-state index < -0.39 is 0 Å². The van der Waals surface area contributed by atoms with Gasteiger partial charge in [-0.25, -0.2) is 5.43 Å². The van der Waals surface area contributed by atoms with Crippen molar-refractivity contribution in [3.05, 3.63) is 58.6 Å². The fourth-order valence-electron chi connectivity index (χ4n) is 2.27. The predicted molar refractivity (Wildman–Crippen MR) is 107 cm³/mol. The molecule has 2 aromatic rings. The first-order chi connectivity index (χ1) is 12.9. The zero-order chi connectivity index (χ0) is 19.8. The Bertz CT molecular complexity index is 848. The molecule has 0 atom stereocenters. The highest BCUT2D eigenvalue weighted by molar-refractivity contribution is 6.31. The molecule has 7 heteroatoms. The second-order valence-corrected chi connectivity index (χ2v) is 6.50. The van der Waals surface area contributed by atoms with Gasteiger partial charge in [0, 0.05) is 16.4 Å². The van der Waals surface area contributed by atoms with E-state index in [9.17, 15) is 9.59 Å². The van der Waals surface area contributed by atoms with Crippen molar-refractivity contribution in [2.45, 2.75) is 26.7 Å². The van der Waals surface area contributed by atoms with E-state index in [0.717, 1.165) is 16.9 Å². The summed E-state index contributed by atoms with van der Waals surface area (Å²) in [6, 6.07) is 12.5. The summed E-state index contributed by atoms with van der Waals surface area (Å²) in [6.07, 6.45) is 0.253. The third-order valence-corrected chi connectivity index (χ3v) is 4.17. The first kappa shape index (κ1) is 20.5. The maximum absolute atomic E-state index is 12.1. The number of carbonyl (C=O) groups is 2. The summed E-state index contributed by atoms with van der Waals surface area (Å²) >= 11 is 6.04. The van der Waals surface area contributed by atoms with Crippen LogP contribution in [0.5, 0.6) is 5.75 Å². The highest BCUT2D eigenvalue weighted by Crippen LogP contribution is 2.20. The largest absolute Gasteiger partial charge is 0.497 e. The molecular weight excluding hydrogens is 366 g/mol. The van der Waals surface area contributed by atoms with E-state index in [0.29, 0.717) is 16.4 Å². The van der Waals surface area contributed by atoms with Crippen LogP contribution < -0.4 is 15.5 Å². The predicted octanol–water partition coefficient (Wildman–Crippen LogP) is 3.72. The standard InChI is InChI=1S/C20H22ClN3O3/c1-13-4-7-16(12-18(13)21)22-19(25)10-14(2)23-24-20(26)11-15-5-8-17(27-3)9-6-15/h4-9,12H,10-11H2,1-3H3,(H,22,25)(H,24,26)/b23-14-. The van der Waals surface area contributed by atoms with Gasteiger partial charge in [0.15, 0.2) is 0 Å². The van der Waals surface area contributed by atoms with Crippen LogP contribution in [0, 0.1) is 6.92 Å². The molecule has 0 saturated heterocycles. The Morgan fingerprint density at radius 3 is 2.44 bits per heavy atom. The maximum Gasteiger partial charge on any atom is 0.244 e. The number of hydrogen-bond donors (Lipinski definition) is 2. The minimum absolute atomic E-state index is 0.0638. The van der Waals surface area contributed by atoms with Crippen LogP contribution in [0.2, 0.25) is 5.02 Å². The Hall–Kier alpha value is -2.86. The number of carbonyl (C=O) groups excluding carboxylic acids is 2. The molecule has 0 aliphatic rings. The number of anilines is 1. The summed E-state index contributed by atoms with van der Waals surface area (Å²) in [6.45, 7) is 3.56. The van der Waals surface area contributed by atoms with Crippen molar-refractivity contribution < 1.29 is 14.3 Å². The molecule has 0 fully saturated rings. The molecule has 0 unspecified atom stereocenters. The van der Waals surface area contributed by atoms with E-state index in [1.807, 2.05) is 25.1 Å². The van der Waals surface area contributed by atoms with Crippen LogP contribution in [0.3, 0.4) is 0 Å². The number of aryl methyl sites for hydroxylation is 1. The third-order valence-electron chi connectivity index (χ3n) is 3.77. The van der Waals surface area contributed by atoms with Gasteiger partial charge in [0.1, 0.15) is 5.75 Å². The molecule has 0 aliphatic carbocycles. The minimum Gasteiger partial charge on any atom is -0.497 e. The van der Waals surface area contributed by atoms with Gasteiger partial charge in [-0.15, -0.1) is 0 Å². The van der Waals surface area contributed by atoms with Gasteiger partial charge in [-0.1, -0.05) is 29.8 Å². The van der Waals surface area contributed by atoms with Crippen LogP contribution >= 0.6 is 11.6 Å². The van der Waals surface area contributed by atoms with Gasteiger partial charge in [0.25, 0.3) is 0 Å². The second kappa shape index (κ2) is 9.73. The Balaban J connectivity index is 1.82. The summed E-state index contributed by atoms with van der Waals surface area (Å²) in [7, 11) is 1.59. The number of hydrogen-bond acceptors (Lipinski definition) is 4. The smallest absolute Gasteiger partial charge is 0.244 e. The molecule has 0 saturated carbocycles. The summed E-state index contributed by atoms with van der Waals surface area (Å²) < 4.78 is 5.08. The van der Waals surface area contributed by atoms with Crippen LogP contribution in [0.4, 0.5) is 5.69 Å². The molecule has 0 aliphatic heterocycles. The summed E-state index contributed by atoms with van der Waals surface area (Å²) in [4.78, 5) is 24.0. The van der Waals surface area contributed by atoms with E-state index in [-0.39, 0.29) is 24.7 Å². The number of benzene rings is 2. The van der Waals surface area contributed by atoms with E-state index in [1.165, 1.54) is 0 Å². The average molecular weight is 388 g/mol. The SMILES string of the molecule is COc1ccc(CC(=O)N/N=C(/C)CC(=O)Nc2ccc(C)c(Cl)c2)cc1. The fourth-order valence-corrected chi connectivity index (χ4v) is 2.45. The molecule has 2 amide bonds. The molecule has 142 valence electrons. The summed E-state index contributed by atoms with van der Waals surface area (Å²) in [5, 5.41) is 7.31. The van der Waals surface area contributed by atoms with Crippen LogP contribution in [-0.2, 0) is 16.0 Å². The number of methoxy groups -OCH3 is 1. The molecule has 0 spiro atoms. The van der Waals surface area contributed by atoms with Gasteiger partial charge in [0.05, 0.1) is 20.0 Å². The van der Waals surface area contributed by atoms with Gasteiger partial charge in [-0.2, -0.15) is 5.10 Å². The van der Waals surface area contributed by atoms with Gasteiger partial charge in [-0.05, 0) is 49.2 Å². The fraction of sp³-hybridized carbons (Fsp3) is 0.250. The molecule has 27 heavy (non-hydrogen) atoms. The lowest BCUT2D eigenvalue weighted by molar-refractivity contribution is -0.120. The molecule has 0 heterocycles.